The third-order valence-electron chi connectivity index (χ3n) is 5.34. The van der Waals surface area contributed by atoms with Crippen molar-refractivity contribution in [3.05, 3.63) is 58.7 Å². The number of carbonyl (C=O) groups excluding carboxylic acids is 1. The van der Waals surface area contributed by atoms with Gasteiger partial charge in [0.05, 0.1) is 5.56 Å². The molecule has 1 aliphatic rings. The van der Waals surface area contributed by atoms with Gasteiger partial charge in [-0.05, 0) is 62.8 Å². The van der Waals surface area contributed by atoms with Crippen molar-refractivity contribution in [2.75, 3.05) is 13.1 Å². The zero-order chi connectivity index (χ0) is 17.3. The van der Waals surface area contributed by atoms with Gasteiger partial charge in [-0.25, -0.2) is 4.39 Å². The zero-order valence-corrected chi connectivity index (χ0v) is 14.7. The average molecular weight is 328 g/mol. The highest BCUT2D eigenvalue weighted by atomic mass is 19.1. The molecule has 1 fully saturated rings. The quantitative estimate of drug-likeness (QED) is 0.839. The van der Waals surface area contributed by atoms with Crippen LogP contribution >= 0.6 is 0 Å². The molecule has 1 saturated heterocycles. The van der Waals surface area contributed by atoms with Gasteiger partial charge in [0, 0.05) is 31.5 Å². The average Bonchev–Trinajstić information content (AvgIpc) is 2.84. The number of hydrogen-bond acceptors (Lipinski definition) is 1. The van der Waals surface area contributed by atoms with Crippen LogP contribution in [0.25, 0.3) is 0 Å². The van der Waals surface area contributed by atoms with Crippen LogP contribution < -0.4 is 0 Å². The first kappa shape index (κ1) is 16.7. The summed E-state index contributed by atoms with van der Waals surface area (Å²) in [6.45, 7) is 5.64. The summed E-state index contributed by atoms with van der Waals surface area (Å²) >= 11 is 0. The van der Waals surface area contributed by atoms with Crippen molar-refractivity contribution < 1.29 is 9.18 Å². The second-order valence-corrected chi connectivity index (χ2v) is 6.91. The summed E-state index contributed by atoms with van der Waals surface area (Å²) in [4.78, 5) is 14.7. The van der Waals surface area contributed by atoms with E-state index in [0.717, 1.165) is 49.3 Å². The first-order valence-electron chi connectivity index (χ1n) is 8.62. The van der Waals surface area contributed by atoms with E-state index in [2.05, 4.69) is 4.57 Å². The van der Waals surface area contributed by atoms with E-state index in [1.54, 1.807) is 0 Å². The van der Waals surface area contributed by atoms with E-state index in [0.29, 0.717) is 5.92 Å². The van der Waals surface area contributed by atoms with Crippen molar-refractivity contribution in [3.8, 4) is 0 Å². The van der Waals surface area contributed by atoms with Crippen LogP contribution in [0.3, 0.4) is 0 Å². The Morgan fingerprint density at radius 3 is 2.33 bits per heavy atom. The maximum Gasteiger partial charge on any atom is 0.255 e. The lowest BCUT2D eigenvalue weighted by atomic mass is 9.90. The number of likely N-dealkylation sites (tertiary alicyclic amines) is 1. The first-order valence-corrected chi connectivity index (χ1v) is 8.62. The highest BCUT2D eigenvalue weighted by Crippen LogP contribution is 2.24. The highest BCUT2D eigenvalue weighted by molar-refractivity contribution is 5.95. The molecule has 1 aliphatic heterocycles. The Balaban J connectivity index is 1.59. The van der Waals surface area contributed by atoms with Gasteiger partial charge in [-0.3, -0.25) is 4.79 Å². The monoisotopic (exact) mass is 328 g/mol. The van der Waals surface area contributed by atoms with Crippen molar-refractivity contribution in [2.24, 2.45) is 13.0 Å². The molecule has 0 unspecified atom stereocenters. The first-order chi connectivity index (χ1) is 11.5. The number of amides is 1. The molecular formula is C20H25FN2O. The molecule has 0 N–H and O–H groups in total. The molecule has 0 radical (unpaired) electrons. The van der Waals surface area contributed by atoms with Gasteiger partial charge >= 0.3 is 0 Å². The molecule has 2 aromatic rings. The molecule has 3 rings (SSSR count). The number of benzene rings is 1. The molecule has 0 aliphatic carbocycles. The van der Waals surface area contributed by atoms with Gasteiger partial charge in [0.2, 0.25) is 0 Å². The Morgan fingerprint density at radius 2 is 1.79 bits per heavy atom. The van der Waals surface area contributed by atoms with E-state index < -0.39 is 0 Å². The van der Waals surface area contributed by atoms with Gasteiger partial charge < -0.3 is 9.47 Å². The van der Waals surface area contributed by atoms with E-state index in [1.807, 2.05) is 44.0 Å². The Labute approximate surface area is 143 Å². The van der Waals surface area contributed by atoms with Gasteiger partial charge in [-0.1, -0.05) is 12.1 Å². The molecule has 0 bridgehead atoms. The van der Waals surface area contributed by atoms with Crippen molar-refractivity contribution in [2.45, 2.75) is 33.1 Å². The number of aromatic nitrogens is 1. The molecule has 4 heteroatoms. The van der Waals surface area contributed by atoms with E-state index in [9.17, 15) is 9.18 Å². The summed E-state index contributed by atoms with van der Waals surface area (Å²) in [6.07, 6.45) is 2.98. The number of nitrogens with zero attached hydrogens (tertiary/aromatic N) is 2. The smallest absolute Gasteiger partial charge is 0.255 e. The van der Waals surface area contributed by atoms with E-state index in [-0.39, 0.29) is 11.7 Å². The summed E-state index contributed by atoms with van der Waals surface area (Å²) in [5.41, 5.74) is 4.15. The molecular weight excluding hydrogens is 303 g/mol. The fourth-order valence-corrected chi connectivity index (χ4v) is 3.54. The summed E-state index contributed by atoms with van der Waals surface area (Å²) in [6, 6.07) is 8.76. The minimum atomic E-state index is -0.187. The lowest BCUT2D eigenvalue weighted by molar-refractivity contribution is 0.0689. The minimum Gasteiger partial charge on any atom is -0.351 e. The highest BCUT2D eigenvalue weighted by Gasteiger charge is 2.25. The van der Waals surface area contributed by atoms with Gasteiger partial charge in [-0.15, -0.1) is 0 Å². The molecule has 24 heavy (non-hydrogen) atoms. The minimum absolute atomic E-state index is 0.149. The van der Waals surface area contributed by atoms with Crippen LogP contribution in [0.15, 0.2) is 30.3 Å². The predicted octanol–water partition coefficient (Wildman–Crippen LogP) is 3.88. The standard InChI is InChI=1S/C20H25FN2O/c1-14-12-19(15(2)22(14)3)20(24)23-10-8-17(9-11-23)13-16-4-6-18(21)7-5-16/h4-7,12,17H,8-11,13H2,1-3H3. The predicted molar refractivity (Wildman–Crippen MR) is 93.6 cm³/mol. The summed E-state index contributed by atoms with van der Waals surface area (Å²) < 4.78 is 15.0. The van der Waals surface area contributed by atoms with Gasteiger partial charge in [0.25, 0.3) is 5.91 Å². The second kappa shape index (κ2) is 6.80. The SMILES string of the molecule is Cc1cc(C(=O)N2CCC(Cc3ccc(F)cc3)CC2)c(C)n1C. The maximum absolute atomic E-state index is 13.0. The van der Waals surface area contributed by atoms with Crippen molar-refractivity contribution in [3.63, 3.8) is 0 Å². The molecule has 1 aromatic heterocycles. The van der Waals surface area contributed by atoms with Crippen LogP contribution in [0.2, 0.25) is 0 Å². The molecule has 0 atom stereocenters. The number of halogens is 1. The van der Waals surface area contributed by atoms with Crippen LogP contribution in [-0.4, -0.2) is 28.5 Å². The number of hydrogen-bond donors (Lipinski definition) is 0. The fraction of sp³-hybridized carbons (Fsp3) is 0.450. The van der Waals surface area contributed by atoms with E-state index >= 15 is 0 Å². The largest absolute Gasteiger partial charge is 0.351 e. The van der Waals surface area contributed by atoms with Crippen molar-refractivity contribution in [1.82, 2.24) is 9.47 Å². The van der Waals surface area contributed by atoms with Crippen LogP contribution in [0.5, 0.6) is 0 Å². The Kier molecular flexibility index (Phi) is 4.74. The van der Waals surface area contributed by atoms with Crippen molar-refractivity contribution in [1.29, 1.82) is 0 Å². The Hall–Kier alpha value is -2.10. The topological polar surface area (TPSA) is 25.2 Å². The zero-order valence-electron chi connectivity index (χ0n) is 14.7. The normalized spacial score (nSPS) is 15.8. The molecule has 3 nitrogen and oxygen atoms in total. The van der Waals surface area contributed by atoms with E-state index in [1.165, 1.54) is 17.7 Å². The third-order valence-corrected chi connectivity index (χ3v) is 5.34. The van der Waals surface area contributed by atoms with Crippen molar-refractivity contribution >= 4 is 5.91 Å². The summed E-state index contributed by atoms with van der Waals surface area (Å²) in [5, 5.41) is 0. The lowest BCUT2D eigenvalue weighted by Gasteiger charge is -2.32. The number of rotatable bonds is 3. The molecule has 128 valence electrons. The fourth-order valence-electron chi connectivity index (χ4n) is 3.54. The Morgan fingerprint density at radius 1 is 1.17 bits per heavy atom. The van der Waals surface area contributed by atoms with Gasteiger partial charge in [0.1, 0.15) is 5.82 Å². The molecule has 0 saturated carbocycles. The lowest BCUT2D eigenvalue weighted by Crippen LogP contribution is -2.39. The molecule has 2 heterocycles. The number of aryl methyl sites for hydroxylation is 1. The third kappa shape index (κ3) is 3.37. The summed E-state index contributed by atoms with van der Waals surface area (Å²) in [7, 11) is 2.00. The van der Waals surface area contributed by atoms with Crippen LogP contribution in [0.4, 0.5) is 4.39 Å². The summed E-state index contributed by atoms with van der Waals surface area (Å²) in [5.74, 6) is 0.530. The van der Waals surface area contributed by atoms with Gasteiger partial charge in [-0.2, -0.15) is 0 Å². The van der Waals surface area contributed by atoms with E-state index in [4.69, 9.17) is 0 Å². The van der Waals surface area contributed by atoms with Gasteiger partial charge in [0.15, 0.2) is 0 Å². The van der Waals surface area contributed by atoms with Crippen LogP contribution in [0.1, 0.15) is 40.2 Å². The Bertz CT molecular complexity index is 725. The van der Waals surface area contributed by atoms with Crippen LogP contribution in [-0.2, 0) is 13.5 Å². The molecule has 0 spiro atoms. The second-order valence-electron chi connectivity index (χ2n) is 6.91. The van der Waals surface area contributed by atoms with Crippen LogP contribution in [0, 0.1) is 25.6 Å². The molecule has 1 amide bonds. The molecule has 1 aromatic carbocycles. The number of piperidine rings is 1. The number of carbonyl (C=O) groups is 1. The maximum atomic E-state index is 13.0.